The quantitative estimate of drug-likeness (QED) is 0.450. The fourth-order valence-electron chi connectivity index (χ4n) is 4.19. The van der Waals surface area contributed by atoms with Crippen molar-refractivity contribution in [2.24, 2.45) is 0 Å². The molecular formula is C26H32N2O3. The normalized spacial score (nSPS) is 15.2. The zero-order chi connectivity index (χ0) is 21.8. The van der Waals surface area contributed by atoms with Crippen molar-refractivity contribution in [3.63, 3.8) is 0 Å². The largest absolute Gasteiger partial charge is 0.480 e. The molecule has 0 unspecified atom stereocenters. The number of para-hydroxylation sites is 2. The van der Waals surface area contributed by atoms with Gasteiger partial charge >= 0.3 is 0 Å². The van der Waals surface area contributed by atoms with Gasteiger partial charge in [0.2, 0.25) is 0 Å². The molecule has 0 aliphatic heterocycles. The highest BCUT2D eigenvalue weighted by Gasteiger charge is 2.27. The lowest BCUT2D eigenvalue weighted by Gasteiger charge is -2.33. The minimum absolute atomic E-state index is 0.0114. The van der Waals surface area contributed by atoms with Gasteiger partial charge in [-0.1, -0.05) is 43.5 Å². The van der Waals surface area contributed by atoms with Crippen LogP contribution >= 0.6 is 0 Å². The van der Waals surface area contributed by atoms with E-state index in [1.165, 1.54) is 37.7 Å². The minimum atomic E-state index is -0.828. The van der Waals surface area contributed by atoms with Gasteiger partial charge in [0, 0.05) is 12.6 Å². The number of anilines is 1. The van der Waals surface area contributed by atoms with E-state index in [0.29, 0.717) is 6.04 Å². The van der Waals surface area contributed by atoms with E-state index in [1.807, 2.05) is 42.5 Å². The number of ether oxygens (including phenoxy) is 1. The van der Waals surface area contributed by atoms with Gasteiger partial charge in [0.05, 0.1) is 0 Å². The second-order valence-corrected chi connectivity index (χ2v) is 9.02. The number of carbonyl (C=O) groups excluding carboxylic acids is 1. The smallest absolute Gasteiger partial charge is 0.298 e. The van der Waals surface area contributed by atoms with E-state index in [1.54, 1.807) is 20.8 Å². The Morgan fingerprint density at radius 3 is 2.65 bits per heavy atom. The number of nitrogens with zero attached hydrogens (tertiary/aromatic N) is 2. The number of rotatable bonds is 8. The van der Waals surface area contributed by atoms with E-state index in [0.717, 1.165) is 35.8 Å². The Bertz CT molecular complexity index is 1000. The van der Waals surface area contributed by atoms with Crippen LogP contribution in [0.15, 0.2) is 52.9 Å². The van der Waals surface area contributed by atoms with E-state index in [4.69, 9.17) is 14.1 Å². The second kappa shape index (κ2) is 9.13. The molecule has 0 saturated heterocycles. The molecule has 0 radical (unpaired) electrons. The molecule has 5 nitrogen and oxygen atoms in total. The highest BCUT2D eigenvalue weighted by molar-refractivity contribution is 5.84. The molecule has 2 aromatic carbocycles. The Kier molecular flexibility index (Phi) is 6.30. The summed E-state index contributed by atoms with van der Waals surface area (Å²) in [6.07, 6.45) is 7.02. The van der Waals surface area contributed by atoms with E-state index in [9.17, 15) is 4.79 Å². The number of benzene rings is 2. The van der Waals surface area contributed by atoms with Crippen LogP contribution in [-0.2, 0) is 11.2 Å². The summed E-state index contributed by atoms with van der Waals surface area (Å²) < 4.78 is 12.1. The number of Topliss-reactive ketones (excluding diaryl/α,β-unsaturated/α-hetero) is 1. The molecule has 0 atom stereocenters. The van der Waals surface area contributed by atoms with Crippen molar-refractivity contribution < 1.29 is 13.9 Å². The highest BCUT2D eigenvalue weighted by atomic mass is 16.5. The molecule has 31 heavy (non-hydrogen) atoms. The molecule has 0 amide bonds. The lowest BCUT2D eigenvalue weighted by Crippen LogP contribution is -2.38. The van der Waals surface area contributed by atoms with Gasteiger partial charge in [-0.2, -0.15) is 4.98 Å². The van der Waals surface area contributed by atoms with Gasteiger partial charge in [-0.25, -0.2) is 0 Å². The molecule has 1 fully saturated rings. The molecule has 1 heterocycles. The van der Waals surface area contributed by atoms with Crippen LogP contribution in [0.25, 0.3) is 11.1 Å². The van der Waals surface area contributed by atoms with Crippen molar-refractivity contribution in [2.45, 2.75) is 70.9 Å². The molecule has 0 N–H and O–H groups in total. The monoisotopic (exact) mass is 420 g/mol. The number of hydrogen-bond donors (Lipinski definition) is 0. The van der Waals surface area contributed by atoms with Gasteiger partial charge in [-0.05, 0) is 69.9 Å². The number of ketones is 1. The number of oxazole rings is 1. The molecule has 164 valence electrons. The van der Waals surface area contributed by atoms with Crippen molar-refractivity contribution >= 4 is 22.9 Å². The zero-order valence-corrected chi connectivity index (χ0v) is 18.8. The van der Waals surface area contributed by atoms with Crippen LogP contribution in [0.2, 0.25) is 0 Å². The van der Waals surface area contributed by atoms with E-state index in [2.05, 4.69) is 11.0 Å². The first-order valence-electron chi connectivity index (χ1n) is 11.3. The average molecular weight is 421 g/mol. The topological polar surface area (TPSA) is 55.6 Å². The second-order valence-electron chi connectivity index (χ2n) is 9.02. The summed E-state index contributed by atoms with van der Waals surface area (Å²) in [5, 5.41) is 0. The minimum Gasteiger partial charge on any atom is -0.480 e. The van der Waals surface area contributed by atoms with Crippen molar-refractivity contribution in [2.75, 3.05) is 11.4 Å². The first kappa shape index (κ1) is 21.4. The molecule has 0 spiro atoms. The Hall–Kier alpha value is -2.82. The molecule has 3 aromatic rings. The Morgan fingerprint density at radius 2 is 1.90 bits per heavy atom. The zero-order valence-electron chi connectivity index (χ0n) is 18.8. The molecule has 1 aliphatic carbocycles. The Morgan fingerprint density at radius 1 is 1.13 bits per heavy atom. The van der Waals surface area contributed by atoms with E-state index in [-0.39, 0.29) is 5.78 Å². The number of fused-ring (bicyclic) bond motifs is 1. The summed E-state index contributed by atoms with van der Waals surface area (Å²) in [6.45, 7) is 6.00. The van der Waals surface area contributed by atoms with Crippen molar-refractivity contribution in [3.8, 4) is 5.75 Å². The highest BCUT2D eigenvalue weighted by Crippen LogP contribution is 2.30. The van der Waals surface area contributed by atoms with Crippen molar-refractivity contribution in [1.29, 1.82) is 0 Å². The maximum Gasteiger partial charge on any atom is 0.298 e. The third kappa shape index (κ3) is 5.09. The molecule has 5 heteroatoms. The molecule has 4 rings (SSSR count). The van der Waals surface area contributed by atoms with Gasteiger partial charge in [-0.15, -0.1) is 0 Å². The average Bonchev–Trinajstić information content (AvgIpc) is 3.18. The van der Waals surface area contributed by atoms with Crippen LogP contribution in [0.3, 0.4) is 0 Å². The summed E-state index contributed by atoms with van der Waals surface area (Å²) >= 11 is 0. The SMILES string of the molecule is CC(=O)C(C)(C)Oc1cccc(CCN(c2nc3ccccc3o2)C2CCCCC2)c1. The first-order chi connectivity index (χ1) is 14.9. The van der Waals surface area contributed by atoms with E-state index >= 15 is 0 Å². The Balaban J connectivity index is 1.52. The van der Waals surface area contributed by atoms with Crippen LogP contribution in [0.5, 0.6) is 5.75 Å². The van der Waals surface area contributed by atoms with Crippen LogP contribution in [0, 0.1) is 0 Å². The molecule has 1 aromatic heterocycles. The number of hydrogen-bond acceptors (Lipinski definition) is 5. The van der Waals surface area contributed by atoms with Gasteiger partial charge in [0.1, 0.15) is 11.3 Å². The summed E-state index contributed by atoms with van der Waals surface area (Å²) in [5.74, 6) is 0.737. The van der Waals surface area contributed by atoms with Crippen LogP contribution < -0.4 is 9.64 Å². The summed E-state index contributed by atoms with van der Waals surface area (Å²) in [7, 11) is 0. The molecule has 1 aliphatic rings. The first-order valence-corrected chi connectivity index (χ1v) is 11.3. The summed E-state index contributed by atoms with van der Waals surface area (Å²) in [4.78, 5) is 19.0. The van der Waals surface area contributed by atoms with Crippen molar-refractivity contribution in [1.82, 2.24) is 4.98 Å². The molecular weight excluding hydrogens is 388 g/mol. The summed E-state index contributed by atoms with van der Waals surface area (Å²) in [6, 6.07) is 17.2. The van der Waals surface area contributed by atoms with Crippen molar-refractivity contribution in [3.05, 3.63) is 54.1 Å². The molecule has 1 saturated carbocycles. The number of aromatic nitrogens is 1. The third-order valence-corrected chi connectivity index (χ3v) is 6.30. The fraction of sp³-hybridized carbons (Fsp3) is 0.462. The number of carbonyl (C=O) groups is 1. The van der Waals surface area contributed by atoms with Crippen LogP contribution in [0.1, 0.15) is 58.4 Å². The predicted molar refractivity (Wildman–Crippen MR) is 124 cm³/mol. The predicted octanol–water partition coefficient (Wildman–Crippen LogP) is 5.96. The van der Waals surface area contributed by atoms with E-state index < -0.39 is 5.60 Å². The molecule has 0 bridgehead atoms. The third-order valence-electron chi connectivity index (χ3n) is 6.30. The Labute approximate surface area is 184 Å². The van der Waals surface area contributed by atoms with Crippen LogP contribution in [-0.4, -0.2) is 29.0 Å². The lowest BCUT2D eigenvalue weighted by molar-refractivity contribution is -0.129. The summed E-state index contributed by atoms with van der Waals surface area (Å²) in [5.41, 5.74) is 2.08. The van der Waals surface area contributed by atoms with Gasteiger partial charge < -0.3 is 14.1 Å². The van der Waals surface area contributed by atoms with Crippen LogP contribution in [0.4, 0.5) is 6.01 Å². The van der Waals surface area contributed by atoms with Gasteiger partial charge in [-0.3, -0.25) is 4.79 Å². The maximum atomic E-state index is 11.8. The van der Waals surface area contributed by atoms with Gasteiger partial charge in [0.15, 0.2) is 17.0 Å². The van der Waals surface area contributed by atoms with Gasteiger partial charge in [0.25, 0.3) is 6.01 Å². The standard InChI is InChI=1S/C26H32N2O3/c1-19(29)26(2,3)31-22-13-9-10-20(18-22)16-17-28(21-11-5-4-6-12-21)25-27-23-14-7-8-15-24(23)30-25/h7-10,13-15,18,21H,4-6,11-12,16-17H2,1-3H3. The lowest BCUT2D eigenvalue weighted by atomic mass is 9.94. The fourth-order valence-corrected chi connectivity index (χ4v) is 4.19. The maximum absolute atomic E-state index is 11.8.